The van der Waals surface area contributed by atoms with Crippen LogP contribution in [0.2, 0.25) is 0 Å². The van der Waals surface area contributed by atoms with Crippen LogP contribution in [-0.4, -0.2) is 15.9 Å². The van der Waals surface area contributed by atoms with Crippen LogP contribution in [0.4, 0.5) is 0 Å². The van der Waals surface area contributed by atoms with Gasteiger partial charge >= 0.3 is 0 Å². The molecule has 0 spiro atoms. The summed E-state index contributed by atoms with van der Waals surface area (Å²) in [5.41, 5.74) is 14.2. The molecule has 1 amide bonds. The lowest BCUT2D eigenvalue weighted by atomic mass is 10.1. The van der Waals surface area contributed by atoms with Crippen LogP contribution in [0.1, 0.15) is 49.5 Å². The maximum atomic E-state index is 11.9. The molecule has 0 aliphatic heterocycles. The average molecular weight is 443 g/mol. The molecule has 0 bridgehead atoms. The van der Waals surface area contributed by atoms with E-state index < -0.39 is 0 Å². The van der Waals surface area contributed by atoms with E-state index in [1.54, 1.807) is 0 Å². The van der Waals surface area contributed by atoms with Gasteiger partial charge in [0.2, 0.25) is 5.91 Å². The summed E-state index contributed by atoms with van der Waals surface area (Å²) in [6.07, 6.45) is 3.92. The van der Waals surface area contributed by atoms with Crippen molar-refractivity contribution in [2.75, 3.05) is 0 Å². The minimum atomic E-state index is -0.152. The maximum Gasteiger partial charge on any atom is 0.243 e. The number of rotatable bonds is 11. The van der Waals surface area contributed by atoms with Crippen LogP contribution in [0.15, 0.2) is 78.9 Å². The Balaban J connectivity index is 1.17. The van der Waals surface area contributed by atoms with Crippen LogP contribution < -0.4 is 11.2 Å². The first-order valence-electron chi connectivity index (χ1n) is 11.4. The summed E-state index contributed by atoms with van der Waals surface area (Å²) in [7, 11) is 0. The summed E-state index contributed by atoms with van der Waals surface area (Å²) >= 11 is 0. The lowest BCUT2D eigenvalue weighted by molar-refractivity contribution is -0.134. The Morgan fingerprint density at radius 3 is 2.48 bits per heavy atom. The number of aromatic amines is 1. The molecule has 4 N–H and O–H groups in total. The van der Waals surface area contributed by atoms with E-state index in [9.17, 15) is 4.79 Å². The molecule has 3 aromatic carbocycles. The highest BCUT2D eigenvalue weighted by molar-refractivity contribution is 5.82. The third-order valence-electron chi connectivity index (χ3n) is 5.65. The second-order valence-electron chi connectivity index (χ2n) is 8.23. The van der Waals surface area contributed by atoms with Crippen molar-refractivity contribution < 1.29 is 9.63 Å². The number of imidazole rings is 1. The van der Waals surface area contributed by atoms with Gasteiger partial charge < -0.3 is 10.7 Å². The molecule has 0 saturated heterocycles. The zero-order chi connectivity index (χ0) is 22.9. The summed E-state index contributed by atoms with van der Waals surface area (Å²) in [5.74, 6) is 0.712. The topological polar surface area (TPSA) is 93.0 Å². The third kappa shape index (κ3) is 6.51. The smallest absolute Gasteiger partial charge is 0.243 e. The predicted molar refractivity (Wildman–Crippen MR) is 131 cm³/mol. The molecular formula is C27H30N4O2. The first-order valence-corrected chi connectivity index (χ1v) is 11.4. The zero-order valence-corrected chi connectivity index (χ0v) is 18.7. The molecule has 1 aromatic heterocycles. The standard InChI is InChI=1S/C27H30N4O2/c28-23(14-8-3-9-15-26(32)31-33-19-20-10-4-1-5-11-20)27-29-24-17-16-22(18-25(24)30-27)21-12-6-2-7-13-21/h1-2,4-7,10-13,16-18,23H,3,8-9,14-15,19,28H2,(H,29,30)(H,31,32)/t23-/m0/s1. The van der Waals surface area contributed by atoms with Crippen LogP contribution in [0.5, 0.6) is 0 Å². The Labute approximate surface area is 194 Å². The van der Waals surface area contributed by atoms with Crippen LogP contribution >= 0.6 is 0 Å². The monoisotopic (exact) mass is 442 g/mol. The number of nitrogens with two attached hydrogens (primary N) is 1. The first-order chi connectivity index (χ1) is 16.2. The van der Waals surface area contributed by atoms with Crippen LogP contribution in [0, 0.1) is 0 Å². The highest BCUT2D eigenvalue weighted by Gasteiger charge is 2.12. The Morgan fingerprint density at radius 1 is 0.939 bits per heavy atom. The molecule has 1 atom stereocenters. The Bertz CT molecular complexity index is 1160. The summed E-state index contributed by atoms with van der Waals surface area (Å²) in [6, 6.07) is 26.1. The highest BCUT2D eigenvalue weighted by atomic mass is 16.6. The summed E-state index contributed by atoms with van der Waals surface area (Å²) < 4.78 is 0. The maximum absolute atomic E-state index is 11.9. The number of hydrogen-bond donors (Lipinski definition) is 3. The molecular weight excluding hydrogens is 412 g/mol. The molecule has 0 aliphatic rings. The van der Waals surface area contributed by atoms with Crippen molar-refractivity contribution in [3.8, 4) is 11.1 Å². The first kappa shape index (κ1) is 22.7. The minimum Gasteiger partial charge on any atom is -0.341 e. The number of benzene rings is 3. The van der Waals surface area contributed by atoms with Crippen molar-refractivity contribution in [1.29, 1.82) is 0 Å². The fourth-order valence-corrected chi connectivity index (χ4v) is 3.80. The Kier molecular flexibility index (Phi) is 7.85. The highest BCUT2D eigenvalue weighted by Crippen LogP contribution is 2.25. The van der Waals surface area contributed by atoms with E-state index in [1.165, 1.54) is 5.56 Å². The number of hydroxylamine groups is 1. The number of nitrogens with one attached hydrogen (secondary N) is 2. The Morgan fingerprint density at radius 2 is 1.70 bits per heavy atom. The second kappa shape index (κ2) is 11.4. The van der Waals surface area contributed by atoms with Gasteiger partial charge in [-0.15, -0.1) is 0 Å². The fraction of sp³-hybridized carbons (Fsp3) is 0.259. The van der Waals surface area contributed by atoms with E-state index in [1.807, 2.05) is 54.6 Å². The van der Waals surface area contributed by atoms with Crippen molar-refractivity contribution in [2.45, 2.75) is 44.8 Å². The molecule has 170 valence electrons. The van der Waals surface area contributed by atoms with E-state index in [-0.39, 0.29) is 11.9 Å². The molecule has 33 heavy (non-hydrogen) atoms. The quantitative estimate of drug-likeness (QED) is 0.213. The van der Waals surface area contributed by atoms with Crippen LogP contribution in [0.25, 0.3) is 22.2 Å². The van der Waals surface area contributed by atoms with Crippen molar-refractivity contribution >= 4 is 16.9 Å². The number of carbonyl (C=O) groups is 1. The summed E-state index contributed by atoms with van der Waals surface area (Å²) in [4.78, 5) is 25.2. The molecule has 0 fully saturated rings. The van der Waals surface area contributed by atoms with Gasteiger partial charge in [0.25, 0.3) is 0 Å². The molecule has 0 saturated carbocycles. The van der Waals surface area contributed by atoms with Gasteiger partial charge in [-0.25, -0.2) is 10.5 Å². The second-order valence-corrected chi connectivity index (χ2v) is 8.23. The molecule has 6 nitrogen and oxygen atoms in total. The zero-order valence-electron chi connectivity index (χ0n) is 18.7. The van der Waals surface area contributed by atoms with Crippen molar-refractivity contribution in [2.24, 2.45) is 5.73 Å². The lowest BCUT2D eigenvalue weighted by Crippen LogP contribution is -2.23. The lowest BCUT2D eigenvalue weighted by Gasteiger charge is -2.09. The summed E-state index contributed by atoms with van der Waals surface area (Å²) in [6.45, 7) is 0.367. The van der Waals surface area contributed by atoms with Crippen molar-refractivity contribution in [3.63, 3.8) is 0 Å². The van der Waals surface area contributed by atoms with Crippen molar-refractivity contribution in [1.82, 2.24) is 15.4 Å². The summed E-state index contributed by atoms with van der Waals surface area (Å²) in [5, 5.41) is 0. The van der Waals surface area contributed by atoms with Gasteiger partial charge in [0, 0.05) is 6.42 Å². The van der Waals surface area contributed by atoms with Gasteiger partial charge in [-0.3, -0.25) is 9.63 Å². The van der Waals surface area contributed by atoms with Crippen LogP contribution in [0.3, 0.4) is 0 Å². The Hall–Kier alpha value is -3.48. The number of carbonyl (C=O) groups excluding carboxylic acids is 1. The number of fused-ring (bicyclic) bond motifs is 1. The SMILES string of the molecule is N[C@@H](CCCCCC(=O)NOCc1ccccc1)c1nc2ccc(-c3ccccc3)cc2[nH]1. The number of H-pyrrole nitrogens is 1. The van der Waals surface area contributed by atoms with Gasteiger partial charge in [-0.05, 0) is 41.7 Å². The van der Waals surface area contributed by atoms with Gasteiger partial charge in [-0.2, -0.15) is 0 Å². The molecule has 0 unspecified atom stereocenters. The van der Waals surface area contributed by atoms with Crippen molar-refractivity contribution in [3.05, 3.63) is 90.3 Å². The number of amides is 1. The largest absolute Gasteiger partial charge is 0.341 e. The van der Waals surface area contributed by atoms with E-state index in [0.717, 1.165) is 53.7 Å². The number of nitrogens with zero attached hydrogens (tertiary/aromatic N) is 1. The molecule has 0 aliphatic carbocycles. The molecule has 1 heterocycles. The molecule has 0 radical (unpaired) electrons. The van der Waals surface area contributed by atoms with E-state index in [4.69, 9.17) is 10.6 Å². The van der Waals surface area contributed by atoms with Gasteiger partial charge in [0.15, 0.2) is 0 Å². The molecule has 4 rings (SSSR count). The number of unbranched alkanes of at least 4 members (excludes halogenated alkanes) is 2. The van der Waals surface area contributed by atoms with E-state index in [2.05, 4.69) is 39.7 Å². The molecule has 4 aromatic rings. The molecule has 6 heteroatoms. The fourth-order valence-electron chi connectivity index (χ4n) is 3.80. The predicted octanol–water partition coefficient (Wildman–Crippen LogP) is 5.43. The normalized spacial score (nSPS) is 12.0. The number of hydrogen-bond acceptors (Lipinski definition) is 4. The van der Waals surface area contributed by atoms with E-state index in [0.29, 0.717) is 13.0 Å². The van der Waals surface area contributed by atoms with Gasteiger partial charge in [-0.1, -0.05) is 79.6 Å². The van der Waals surface area contributed by atoms with Crippen LogP contribution in [-0.2, 0) is 16.2 Å². The number of aromatic nitrogens is 2. The third-order valence-corrected chi connectivity index (χ3v) is 5.65. The van der Waals surface area contributed by atoms with Gasteiger partial charge in [0.1, 0.15) is 5.82 Å². The van der Waals surface area contributed by atoms with E-state index >= 15 is 0 Å². The minimum absolute atomic E-state index is 0.0956. The average Bonchev–Trinajstić information content (AvgIpc) is 3.29. The van der Waals surface area contributed by atoms with Gasteiger partial charge in [0.05, 0.1) is 23.7 Å².